The minimum absolute atomic E-state index is 0.188. The Morgan fingerprint density at radius 1 is 1.46 bits per heavy atom. The highest BCUT2D eigenvalue weighted by Crippen LogP contribution is 2.41. The number of nitrogens with zero attached hydrogens (tertiary/aromatic N) is 2. The van der Waals surface area contributed by atoms with E-state index >= 15 is 0 Å². The molecule has 6 heteroatoms. The third kappa shape index (κ3) is 2.14. The number of fused-ring (bicyclic) bond motifs is 1. The first-order valence-electron chi connectivity index (χ1n) is 8.15. The van der Waals surface area contributed by atoms with Gasteiger partial charge in [0.25, 0.3) is 0 Å². The van der Waals surface area contributed by atoms with Gasteiger partial charge >= 0.3 is 5.97 Å². The summed E-state index contributed by atoms with van der Waals surface area (Å²) in [5.74, 6) is -0.393. The van der Waals surface area contributed by atoms with Crippen molar-refractivity contribution in [2.75, 3.05) is 6.61 Å². The lowest BCUT2D eigenvalue weighted by atomic mass is 9.92. The van der Waals surface area contributed by atoms with Crippen LogP contribution in [0.1, 0.15) is 37.2 Å². The Morgan fingerprint density at radius 2 is 2.25 bits per heavy atom. The van der Waals surface area contributed by atoms with E-state index < -0.39 is 11.6 Å². The first kappa shape index (κ1) is 15.0. The van der Waals surface area contributed by atoms with Gasteiger partial charge in [-0.15, -0.1) is 0 Å². The summed E-state index contributed by atoms with van der Waals surface area (Å²) in [4.78, 5) is 20.2. The molecule has 0 bridgehead atoms. The highest BCUT2D eigenvalue weighted by atomic mass is 16.5. The van der Waals surface area contributed by atoms with E-state index in [-0.39, 0.29) is 12.6 Å². The van der Waals surface area contributed by atoms with Gasteiger partial charge < -0.3 is 19.4 Å². The number of carbonyl (C=O) groups excluding carboxylic acids is 1. The fourth-order valence-electron chi connectivity index (χ4n) is 3.17. The molecule has 0 radical (unpaired) electrons. The van der Waals surface area contributed by atoms with Gasteiger partial charge in [-0.25, -0.2) is 9.78 Å². The summed E-state index contributed by atoms with van der Waals surface area (Å²) in [5.41, 5.74) is -0.633. The number of esters is 1. The van der Waals surface area contributed by atoms with Crippen LogP contribution >= 0.6 is 0 Å². The van der Waals surface area contributed by atoms with Crippen LogP contribution < -0.4 is 0 Å². The molecule has 1 aliphatic carbocycles. The summed E-state index contributed by atoms with van der Waals surface area (Å²) in [5, 5.41) is 12.3. The number of benzene rings is 1. The first-order valence-corrected chi connectivity index (χ1v) is 8.15. The van der Waals surface area contributed by atoms with E-state index in [2.05, 4.69) is 9.97 Å². The molecule has 2 N–H and O–H groups in total. The zero-order valence-corrected chi connectivity index (χ0v) is 13.4. The van der Waals surface area contributed by atoms with Gasteiger partial charge in [0, 0.05) is 41.1 Å². The van der Waals surface area contributed by atoms with E-state index in [1.54, 1.807) is 19.3 Å². The fraction of sp³-hybridized carbons (Fsp3) is 0.333. The number of aromatic nitrogens is 3. The van der Waals surface area contributed by atoms with Gasteiger partial charge in [0.05, 0.1) is 6.61 Å². The van der Waals surface area contributed by atoms with Crippen LogP contribution in [-0.4, -0.2) is 32.2 Å². The van der Waals surface area contributed by atoms with E-state index in [9.17, 15) is 9.90 Å². The average Bonchev–Trinajstić information content (AvgIpc) is 3.16. The van der Waals surface area contributed by atoms with Crippen molar-refractivity contribution in [3.63, 3.8) is 0 Å². The SMILES string of the molecule is CCOC(=O)C(O)(c1c[nH]c2ccccc12)c1nccn1C1CC1. The molecule has 0 aliphatic heterocycles. The maximum absolute atomic E-state index is 12.8. The molecule has 1 saturated carbocycles. The Morgan fingerprint density at radius 3 is 3.00 bits per heavy atom. The number of hydrogen-bond donors (Lipinski definition) is 2. The van der Waals surface area contributed by atoms with Crippen molar-refractivity contribution in [3.8, 4) is 0 Å². The van der Waals surface area contributed by atoms with Gasteiger partial charge in [-0.1, -0.05) is 18.2 Å². The van der Waals surface area contributed by atoms with Crippen LogP contribution in [0.4, 0.5) is 0 Å². The normalized spacial score (nSPS) is 16.9. The zero-order chi connectivity index (χ0) is 16.7. The monoisotopic (exact) mass is 325 g/mol. The van der Waals surface area contributed by atoms with Crippen LogP contribution in [0.3, 0.4) is 0 Å². The van der Waals surface area contributed by atoms with Crippen molar-refractivity contribution in [1.82, 2.24) is 14.5 Å². The maximum Gasteiger partial charge on any atom is 0.351 e. The largest absolute Gasteiger partial charge is 0.463 e. The second kappa shape index (κ2) is 5.49. The zero-order valence-electron chi connectivity index (χ0n) is 13.4. The number of ether oxygens (including phenoxy) is 1. The third-order valence-electron chi connectivity index (χ3n) is 4.48. The number of H-pyrrole nitrogens is 1. The molecule has 0 amide bonds. The van der Waals surface area contributed by atoms with Gasteiger partial charge in [0.1, 0.15) is 0 Å². The first-order chi connectivity index (χ1) is 11.7. The number of aromatic amines is 1. The number of hydrogen-bond acceptors (Lipinski definition) is 4. The maximum atomic E-state index is 12.8. The predicted octanol–water partition coefficient (Wildman–Crippen LogP) is 2.50. The van der Waals surface area contributed by atoms with Crippen LogP contribution in [0.5, 0.6) is 0 Å². The van der Waals surface area contributed by atoms with Crippen LogP contribution in [0.2, 0.25) is 0 Å². The smallest absolute Gasteiger partial charge is 0.351 e. The Bertz CT molecular complexity index is 894. The third-order valence-corrected chi connectivity index (χ3v) is 4.48. The number of imidazole rings is 1. The van der Waals surface area contributed by atoms with Crippen molar-refractivity contribution in [2.45, 2.75) is 31.4 Å². The molecule has 0 spiro atoms. The lowest BCUT2D eigenvalue weighted by Gasteiger charge is -2.26. The van der Waals surface area contributed by atoms with Gasteiger partial charge in [0.15, 0.2) is 5.82 Å². The quantitative estimate of drug-likeness (QED) is 0.706. The van der Waals surface area contributed by atoms with Crippen molar-refractivity contribution in [3.05, 3.63) is 54.2 Å². The minimum atomic E-state index is -1.94. The molecule has 24 heavy (non-hydrogen) atoms. The molecule has 1 unspecified atom stereocenters. The summed E-state index contributed by atoms with van der Waals surface area (Å²) in [6.07, 6.45) is 7.14. The van der Waals surface area contributed by atoms with Crippen molar-refractivity contribution in [2.24, 2.45) is 0 Å². The molecular weight excluding hydrogens is 306 g/mol. The summed E-state index contributed by atoms with van der Waals surface area (Å²) in [6, 6.07) is 7.83. The molecule has 1 fully saturated rings. The molecule has 4 rings (SSSR count). The van der Waals surface area contributed by atoms with E-state index in [0.717, 1.165) is 23.7 Å². The summed E-state index contributed by atoms with van der Waals surface area (Å²) in [7, 11) is 0. The predicted molar refractivity (Wildman–Crippen MR) is 88.4 cm³/mol. The lowest BCUT2D eigenvalue weighted by molar-refractivity contribution is -0.162. The van der Waals surface area contributed by atoms with Crippen LogP contribution in [0.25, 0.3) is 10.9 Å². The van der Waals surface area contributed by atoms with Crippen molar-refractivity contribution < 1.29 is 14.6 Å². The molecule has 2 heterocycles. The lowest BCUT2D eigenvalue weighted by Crippen LogP contribution is -2.41. The van der Waals surface area contributed by atoms with Crippen molar-refractivity contribution in [1.29, 1.82) is 0 Å². The fourth-order valence-corrected chi connectivity index (χ4v) is 3.17. The van der Waals surface area contributed by atoms with Crippen LogP contribution in [-0.2, 0) is 15.1 Å². The second-order valence-corrected chi connectivity index (χ2v) is 6.07. The van der Waals surface area contributed by atoms with Crippen LogP contribution in [0, 0.1) is 0 Å². The minimum Gasteiger partial charge on any atom is -0.463 e. The second-order valence-electron chi connectivity index (χ2n) is 6.07. The molecule has 0 saturated heterocycles. The molecule has 1 aromatic carbocycles. The standard InChI is InChI=1S/C18H19N3O3/c1-2-24-17(22)18(23,16-19-9-10-21(16)12-7-8-12)14-11-20-15-6-4-3-5-13(14)15/h3-6,9-12,20,23H,2,7-8H2,1H3. The highest BCUT2D eigenvalue weighted by Gasteiger charge is 2.48. The Balaban J connectivity index is 1.94. The van der Waals surface area contributed by atoms with Gasteiger partial charge in [-0.2, -0.15) is 0 Å². The number of rotatable bonds is 5. The summed E-state index contributed by atoms with van der Waals surface area (Å²) < 4.78 is 7.09. The van der Waals surface area contributed by atoms with E-state index in [0.29, 0.717) is 11.4 Å². The molecule has 124 valence electrons. The van der Waals surface area contributed by atoms with E-state index in [4.69, 9.17) is 4.74 Å². The Hall–Kier alpha value is -2.60. The molecule has 2 aromatic heterocycles. The molecular formula is C18H19N3O3. The van der Waals surface area contributed by atoms with Gasteiger partial charge in [0.2, 0.25) is 5.60 Å². The van der Waals surface area contributed by atoms with E-state index in [1.165, 1.54) is 0 Å². The topological polar surface area (TPSA) is 80.1 Å². The number of nitrogens with one attached hydrogen (secondary N) is 1. The highest BCUT2D eigenvalue weighted by molar-refractivity contribution is 5.93. The number of carbonyl (C=O) groups is 1. The van der Waals surface area contributed by atoms with Gasteiger partial charge in [-0.3, -0.25) is 0 Å². The number of para-hydroxylation sites is 1. The molecule has 1 aliphatic rings. The van der Waals surface area contributed by atoms with E-state index in [1.807, 2.05) is 35.0 Å². The molecule has 6 nitrogen and oxygen atoms in total. The van der Waals surface area contributed by atoms with Crippen molar-refractivity contribution >= 4 is 16.9 Å². The Labute approximate surface area is 139 Å². The Kier molecular flexibility index (Phi) is 3.42. The summed E-state index contributed by atoms with van der Waals surface area (Å²) in [6.45, 7) is 1.91. The number of aliphatic hydroxyl groups is 1. The molecule has 3 aromatic rings. The summed E-state index contributed by atoms with van der Waals surface area (Å²) >= 11 is 0. The molecule has 1 atom stereocenters. The average molecular weight is 325 g/mol. The van der Waals surface area contributed by atoms with Gasteiger partial charge in [-0.05, 0) is 25.8 Å². The van der Waals surface area contributed by atoms with Crippen LogP contribution in [0.15, 0.2) is 42.9 Å².